The standard InChI is InChI=1S/C15H9N5O4/c1-8-6-11(19-15(18-8)16-7-17-19)14(23)24-20-12(21)9-4-2-3-5-10(9)13(20)22/h2-7H,1H3. The lowest BCUT2D eigenvalue weighted by atomic mass is 10.1. The number of hydrogen-bond acceptors (Lipinski definition) is 7. The summed E-state index contributed by atoms with van der Waals surface area (Å²) >= 11 is 0. The highest BCUT2D eigenvalue weighted by Gasteiger charge is 2.39. The van der Waals surface area contributed by atoms with E-state index in [1.807, 2.05) is 0 Å². The second-order valence-corrected chi connectivity index (χ2v) is 5.08. The first kappa shape index (κ1) is 14.0. The first-order chi connectivity index (χ1) is 11.6. The van der Waals surface area contributed by atoms with E-state index in [2.05, 4.69) is 15.1 Å². The number of benzene rings is 1. The molecule has 0 radical (unpaired) electrons. The third-order valence-electron chi connectivity index (χ3n) is 3.52. The number of carbonyl (C=O) groups excluding carboxylic acids is 3. The van der Waals surface area contributed by atoms with Gasteiger partial charge in [-0.2, -0.15) is 14.6 Å². The normalized spacial score (nSPS) is 13.5. The summed E-state index contributed by atoms with van der Waals surface area (Å²) in [6.45, 7) is 1.67. The third-order valence-corrected chi connectivity index (χ3v) is 3.52. The van der Waals surface area contributed by atoms with Crippen molar-refractivity contribution in [2.24, 2.45) is 0 Å². The lowest BCUT2D eigenvalue weighted by Crippen LogP contribution is -2.33. The van der Waals surface area contributed by atoms with Crippen LogP contribution in [-0.2, 0) is 4.84 Å². The van der Waals surface area contributed by atoms with Crippen molar-refractivity contribution >= 4 is 23.6 Å². The van der Waals surface area contributed by atoms with Gasteiger partial charge in [-0.05, 0) is 25.1 Å². The zero-order chi connectivity index (χ0) is 16.8. The molecule has 0 spiro atoms. The fraction of sp³-hybridized carbons (Fsp3) is 0.0667. The number of carbonyl (C=O) groups is 3. The molecule has 24 heavy (non-hydrogen) atoms. The molecule has 2 aromatic heterocycles. The van der Waals surface area contributed by atoms with E-state index in [0.717, 1.165) is 0 Å². The summed E-state index contributed by atoms with van der Waals surface area (Å²) in [4.78, 5) is 49.9. The molecule has 9 nitrogen and oxygen atoms in total. The minimum absolute atomic E-state index is 0.00607. The zero-order valence-electron chi connectivity index (χ0n) is 12.3. The lowest BCUT2D eigenvalue weighted by molar-refractivity contribution is -0.0590. The maximum Gasteiger partial charge on any atom is 0.382 e. The molecule has 1 aliphatic heterocycles. The van der Waals surface area contributed by atoms with Gasteiger partial charge in [0.2, 0.25) is 0 Å². The Balaban J connectivity index is 1.69. The quantitative estimate of drug-likeness (QED) is 0.642. The van der Waals surface area contributed by atoms with Gasteiger partial charge in [-0.1, -0.05) is 17.2 Å². The molecule has 2 amide bonds. The summed E-state index contributed by atoms with van der Waals surface area (Å²) in [6, 6.07) is 7.68. The molecule has 0 aliphatic carbocycles. The number of nitrogens with zero attached hydrogens (tertiary/aromatic N) is 5. The smallest absolute Gasteiger partial charge is 0.323 e. The van der Waals surface area contributed by atoms with Crippen LogP contribution in [0.2, 0.25) is 0 Å². The van der Waals surface area contributed by atoms with E-state index in [1.165, 1.54) is 29.0 Å². The van der Waals surface area contributed by atoms with Crippen LogP contribution in [0.5, 0.6) is 0 Å². The minimum Gasteiger partial charge on any atom is -0.323 e. The Morgan fingerprint density at radius 3 is 2.46 bits per heavy atom. The summed E-state index contributed by atoms with van der Waals surface area (Å²) in [5.41, 5.74) is 0.899. The Morgan fingerprint density at radius 1 is 1.12 bits per heavy atom. The van der Waals surface area contributed by atoms with Crippen LogP contribution in [0.1, 0.15) is 36.9 Å². The summed E-state index contributed by atoms with van der Waals surface area (Å²) < 4.78 is 1.17. The van der Waals surface area contributed by atoms with Crippen LogP contribution in [0.3, 0.4) is 0 Å². The molecule has 0 fully saturated rings. The van der Waals surface area contributed by atoms with Gasteiger partial charge in [0.25, 0.3) is 17.6 Å². The predicted octanol–water partition coefficient (Wildman–Crippen LogP) is 0.801. The number of aryl methyl sites for hydroxylation is 1. The monoisotopic (exact) mass is 323 g/mol. The third kappa shape index (κ3) is 1.95. The van der Waals surface area contributed by atoms with E-state index in [1.54, 1.807) is 19.1 Å². The molecule has 0 atom stereocenters. The zero-order valence-corrected chi connectivity index (χ0v) is 12.3. The maximum atomic E-state index is 12.4. The SMILES string of the molecule is Cc1cc(C(=O)ON2C(=O)c3ccccc3C2=O)n2ncnc2n1. The van der Waals surface area contributed by atoms with E-state index in [4.69, 9.17) is 4.84 Å². The van der Waals surface area contributed by atoms with Crippen LogP contribution < -0.4 is 0 Å². The average molecular weight is 323 g/mol. The minimum atomic E-state index is -0.912. The number of imide groups is 1. The molecule has 0 saturated carbocycles. The second-order valence-electron chi connectivity index (χ2n) is 5.08. The molecule has 1 aromatic carbocycles. The Bertz CT molecular complexity index is 991. The molecule has 9 heteroatoms. The van der Waals surface area contributed by atoms with Crippen molar-refractivity contribution in [1.82, 2.24) is 24.6 Å². The molecular formula is C15H9N5O4. The van der Waals surface area contributed by atoms with Gasteiger partial charge in [0.15, 0.2) is 5.69 Å². The predicted molar refractivity (Wildman–Crippen MR) is 77.9 cm³/mol. The largest absolute Gasteiger partial charge is 0.382 e. The topological polar surface area (TPSA) is 107 Å². The highest BCUT2D eigenvalue weighted by Crippen LogP contribution is 2.23. The highest BCUT2D eigenvalue weighted by atomic mass is 16.7. The molecule has 0 bridgehead atoms. The van der Waals surface area contributed by atoms with Crippen LogP contribution in [0, 0.1) is 6.92 Å². The lowest BCUT2D eigenvalue weighted by Gasteiger charge is -2.13. The van der Waals surface area contributed by atoms with Gasteiger partial charge >= 0.3 is 5.97 Å². The van der Waals surface area contributed by atoms with Gasteiger partial charge in [-0.15, -0.1) is 0 Å². The first-order valence-corrected chi connectivity index (χ1v) is 6.94. The Hall–Kier alpha value is -3.62. The molecule has 118 valence electrons. The van der Waals surface area contributed by atoms with Gasteiger partial charge in [0.05, 0.1) is 11.1 Å². The van der Waals surface area contributed by atoms with E-state index < -0.39 is 17.8 Å². The van der Waals surface area contributed by atoms with E-state index in [0.29, 0.717) is 10.8 Å². The van der Waals surface area contributed by atoms with Crippen LogP contribution in [0.15, 0.2) is 36.7 Å². The number of rotatable bonds is 2. The second kappa shape index (κ2) is 4.95. The number of aromatic nitrogens is 4. The van der Waals surface area contributed by atoms with Gasteiger partial charge < -0.3 is 4.84 Å². The maximum absolute atomic E-state index is 12.4. The first-order valence-electron chi connectivity index (χ1n) is 6.94. The van der Waals surface area contributed by atoms with Crippen molar-refractivity contribution < 1.29 is 19.2 Å². The molecule has 0 N–H and O–H groups in total. The number of fused-ring (bicyclic) bond motifs is 2. The van der Waals surface area contributed by atoms with Crippen molar-refractivity contribution in [3.8, 4) is 0 Å². The fourth-order valence-electron chi connectivity index (χ4n) is 2.46. The van der Waals surface area contributed by atoms with Crippen LogP contribution in [-0.4, -0.2) is 42.4 Å². The number of amides is 2. The Kier molecular flexibility index (Phi) is 2.89. The number of hydroxylamine groups is 2. The van der Waals surface area contributed by atoms with Gasteiger partial charge in [-0.3, -0.25) is 9.59 Å². The van der Waals surface area contributed by atoms with Crippen molar-refractivity contribution in [1.29, 1.82) is 0 Å². The Labute approximate surface area is 134 Å². The van der Waals surface area contributed by atoms with E-state index in [9.17, 15) is 14.4 Å². The molecular weight excluding hydrogens is 314 g/mol. The van der Waals surface area contributed by atoms with E-state index >= 15 is 0 Å². The number of hydrogen-bond donors (Lipinski definition) is 0. The summed E-state index contributed by atoms with van der Waals surface area (Å²) in [5, 5.41) is 4.34. The summed E-state index contributed by atoms with van der Waals surface area (Å²) in [6.07, 6.45) is 1.24. The summed E-state index contributed by atoms with van der Waals surface area (Å²) in [7, 11) is 0. The molecule has 4 rings (SSSR count). The Morgan fingerprint density at radius 2 is 1.79 bits per heavy atom. The molecule has 0 unspecified atom stereocenters. The van der Waals surface area contributed by atoms with Gasteiger partial charge in [0, 0.05) is 5.69 Å². The van der Waals surface area contributed by atoms with Gasteiger partial charge in [0.1, 0.15) is 6.33 Å². The van der Waals surface area contributed by atoms with Crippen LogP contribution in [0.4, 0.5) is 0 Å². The fourth-order valence-corrected chi connectivity index (χ4v) is 2.46. The van der Waals surface area contributed by atoms with Crippen LogP contribution in [0.25, 0.3) is 5.78 Å². The molecule has 1 aliphatic rings. The van der Waals surface area contributed by atoms with Crippen molar-refractivity contribution in [3.63, 3.8) is 0 Å². The average Bonchev–Trinajstić information content (AvgIpc) is 3.13. The molecule has 0 saturated heterocycles. The highest BCUT2D eigenvalue weighted by molar-refractivity contribution is 6.21. The van der Waals surface area contributed by atoms with Crippen molar-refractivity contribution in [2.75, 3.05) is 0 Å². The summed E-state index contributed by atoms with van der Waals surface area (Å²) in [5.74, 6) is -2.08. The van der Waals surface area contributed by atoms with Gasteiger partial charge in [-0.25, -0.2) is 9.78 Å². The van der Waals surface area contributed by atoms with E-state index in [-0.39, 0.29) is 22.6 Å². The molecule has 3 aromatic rings. The van der Waals surface area contributed by atoms with Crippen molar-refractivity contribution in [3.05, 3.63) is 59.2 Å². The van der Waals surface area contributed by atoms with Crippen LogP contribution >= 0.6 is 0 Å². The van der Waals surface area contributed by atoms with Crippen molar-refractivity contribution in [2.45, 2.75) is 6.92 Å². The molecule has 3 heterocycles.